The summed E-state index contributed by atoms with van der Waals surface area (Å²) in [6.07, 6.45) is -1.02. The minimum atomic E-state index is -4.24. The highest BCUT2D eigenvalue weighted by molar-refractivity contribution is 5.79. The molecule has 1 N–H and O–H groups in total. The van der Waals surface area contributed by atoms with Gasteiger partial charge in [-0.1, -0.05) is 39.2 Å². The molecule has 0 saturated carbocycles. The average molecular weight is 529 g/mol. The van der Waals surface area contributed by atoms with Crippen LogP contribution >= 0.6 is 0 Å². The quantitative estimate of drug-likeness (QED) is 0.324. The van der Waals surface area contributed by atoms with Crippen molar-refractivity contribution in [3.63, 3.8) is 0 Å². The van der Waals surface area contributed by atoms with E-state index in [0.29, 0.717) is 31.1 Å². The fraction of sp³-hybridized carbons (Fsp3) is 0.704. The van der Waals surface area contributed by atoms with Crippen LogP contribution in [0.4, 0.5) is 13.2 Å². The Bertz CT molecular complexity index is 903. The normalized spacial score (nSPS) is 21.4. The second-order valence-electron chi connectivity index (χ2n) is 10.0. The maximum absolute atomic E-state index is 13.3. The molecule has 208 valence electrons. The van der Waals surface area contributed by atoms with Gasteiger partial charge in [0.15, 0.2) is 11.5 Å². The maximum atomic E-state index is 13.3. The van der Waals surface area contributed by atoms with Crippen LogP contribution in [-0.4, -0.2) is 72.0 Å². The molecule has 37 heavy (non-hydrogen) atoms. The number of benzene rings is 1. The first-order valence-electron chi connectivity index (χ1n) is 13.4. The number of alkyl halides is 3. The molecule has 2 aliphatic heterocycles. The molecule has 1 amide bonds. The van der Waals surface area contributed by atoms with E-state index in [2.05, 4.69) is 13.8 Å². The van der Waals surface area contributed by atoms with E-state index in [4.69, 9.17) is 9.47 Å². The van der Waals surface area contributed by atoms with Gasteiger partial charge in [-0.3, -0.25) is 14.5 Å². The SMILES string of the molecule is CCCCN(CCCC)C(=O)CN1C[C@H](c2ccc3c(c2)OCO3)[C@@H](C(=O)O)[C@@H]1CCCCC(F)(F)F. The number of unbranched alkanes of at least 4 members (excludes halogenated alkanes) is 3. The topological polar surface area (TPSA) is 79.3 Å². The van der Waals surface area contributed by atoms with Crippen molar-refractivity contribution in [3.05, 3.63) is 23.8 Å². The lowest BCUT2D eigenvalue weighted by Gasteiger charge is -2.30. The number of carboxylic acid groups (broad SMARTS) is 1. The van der Waals surface area contributed by atoms with Gasteiger partial charge >= 0.3 is 12.1 Å². The molecule has 0 unspecified atom stereocenters. The Morgan fingerprint density at radius 2 is 1.73 bits per heavy atom. The lowest BCUT2D eigenvalue weighted by atomic mass is 9.83. The third kappa shape index (κ3) is 7.99. The van der Waals surface area contributed by atoms with E-state index in [1.165, 1.54) is 0 Å². The molecule has 1 fully saturated rings. The Labute approximate surface area is 216 Å². The number of carbonyl (C=O) groups is 2. The van der Waals surface area contributed by atoms with Crippen LogP contribution in [0.3, 0.4) is 0 Å². The summed E-state index contributed by atoms with van der Waals surface area (Å²) >= 11 is 0. The highest BCUT2D eigenvalue weighted by Gasteiger charge is 2.47. The molecular formula is C27H39F3N2O5. The predicted octanol–water partition coefficient (Wildman–Crippen LogP) is 5.44. The fourth-order valence-electron chi connectivity index (χ4n) is 5.35. The highest BCUT2D eigenvalue weighted by Crippen LogP contribution is 2.43. The maximum Gasteiger partial charge on any atom is 0.389 e. The van der Waals surface area contributed by atoms with E-state index >= 15 is 0 Å². The number of ether oxygens (including phenoxy) is 2. The number of carbonyl (C=O) groups excluding carboxylic acids is 1. The molecule has 7 nitrogen and oxygen atoms in total. The van der Waals surface area contributed by atoms with Crippen LogP contribution in [0.1, 0.15) is 76.7 Å². The zero-order valence-corrected chi connectivity index (χ0v) is 21.8. The van der Waals surface area contributed by atoms with E-state index in [0.717, 1.165) is 31.2 Å². The summed E-state index contributed by atoms with van der Waals surface area (Å²) in [5.74, 6) is -1.20. The van der Waals surface area contributed by atoms with E-state index in [1.807, 2.05) is 15.9 Å². The molecule has 1 aromatic carbocycles. The minimum Gasteiger partial charge on any atom is -0.481 e. The molecule has 2 aliphatic rings. The first-order chi connectivity index (χ1) is 17.6. The lowest BCUT2D eigenvalue weighted by Crippen LogP contribution is -2.44. The van der Waals surface area contributed by atoms with Crippen molar-refractivity contribution in [1.82, 2.24) is 9.80 Å². The molecule has 10 heteroatoms. The van der Waals surface area contributed by atoms with Gasteiger partial charge in [0.05, 0.1) is 12.5 Å². The van der Waals surface area contributed by atoms with Gasteiger partial charge in [0.25, 0.3) is 0 Å². The largest absolute Gasteiger partial charge is 0.481 e. The summed E-state index contributed by atoms with van der Waals surface area (Å²) in [7, 11) is 0. The Balaban J connectivity index is 1.82. The summed E-state index contributed by atoms with van der Waals surface area (Å²) in [5, 5.41) is 10.2. The number of rotatable bonds is 14. The Morgan fingerprint density at radius 1 is 1.05 bits per heavy atom. The molecule has 0 bridgehead atoms. The number of halogens is 3. The average Bonchev–Trinajstić information content (AvgIpc) is 3.45. The smallest absolute Gasteiger partial charge is 0.389 e. The van der Waals surface area contributed by atoms with Gasteiger partial charge in [-0.15, -0.1) is 0 Å². The number of hydrogen-bond acceptors (Lipinski definition) is 5. The number of hydrogen-bond donors (Lipinski definition) is 1. The van der Waals surface area contributed by atoms with E-state index in [9.17, 15) is 27.9 Å². The molecule has 1 aromatic rings. The first-order valence-corrected chi connectivity index (χ1v) is 13.4. The van der Waals surface area contributed by atoms with Crippen molar-refractivity contribution in [3.8, 4) is 11.5 Å². The third-order valence-electron chi connectivity index (χ3n) is 7.32. The number of aliphatic carboxylic acids is 1. The van der Waals surface area contributed by atoms with Crippen LogP contribution in [0.15, 0.2) is 18.2 Å². The van der Waals surface area contributed by atoms with E-state index < -0.39 is 36.4 Å². The van der Waals surface area contributed by atoms with Crippen molar-refractivity contribution >= 4 is 11.9 Å². The summed E-state index contributed by atoms with van der Waals surface area (Å²) in [5.41, 5.74) is 0.765. The molecule has 0 radical (unpaired) electrons. The summed E-state index contributed by atoms with van der Waals surface area (Å²) in [6.45, 7) is 5.91. The molecule has 0 aromatic heterocycles. The number of carboxylic acids is 1. The van der Waals surface area contributed by atoms with Gasteiger partial charge in [-0.2, -0.15) is 13.2 Å². The molecule has 3 rings (SSSR count). The fourth-order valence-corrected chi connectivity index (χ4v) is 5.35. The van der Waals surface area contributed by atoms with Crippen molar-refractivity contribution in [2.24, 2.45) is 5.92 Å². The van der Waals surface area contributed by atoms with Gasteiger partial charge in [0.1, 0.15) is 0 Å². The Morgan fingerprint density at radius 3 is 2.35 bits per heavy atom. The third-order valence-corrected chi connectivity index (χ3v) is 7.32. The molecule has 2 heterocycles. The van der Waals surface area contributed by atoms with Gasteiger partial charge in [0.2, 0.25) is 12.7 Å². The monoisotopic (exact) mass is 528 g/mol. The van der Waals surface area contributed by atoms with Crippen LogP contribution in [0, 0.1) is 5.92 Å². The summed E-state index contributed by atoms with van der Waals surface area (Å²) in [6, 6.07) is 4.81. The molecule has 0 spiro atoms. The number of likely N-dealkylation sites (tertiary alicyclic amines) is 1. The summed E-state index contributed by atoms with van der Waals surface area (Å²) in [4.78, 5) is 29.6. The first kappa shape index (κ1) is 29.1. The van der Waals surface area contributed by atoms with E-state index in [-0.39, 0.29) is 38.5 Å². The van der Waals surface area contributed by atoms with Crippen molar-refractivity contribution in [2.45, 2.75) is 83.4 Å². The second kappa shape index (κ2) is 13.3. The molecular weight excluding hydrogens is 489 g/mol. The molecule has 0 aliphatic carbocycles. The van der Waals surface area contributed by atoms with Crippen LogP contribution in [0.5, 0.6) is 11.5 Å². The van der Waals surface area contributed by atoms with Gasteiger partial charge in [-0.25, -0.2) is 0 Å². The highest BCUT2D eigenvalue weighted by atomic mass is 19.4. The minimum absolute atomic E-state index is 0.0577. The predicted molar refractivity (Wildman–Crippen MR) is 133 cm³/mol. The van der Waals surface area contributed by atoms with Crippen LogP contribution in [0.2, 0.25) is 0 Å². The Kier molecular flexibility index (Phi) is 10.5. The molecule has 3 atom stereocenters. The van der Waals surface area contributed by atoms with Crippen molar-refractivity contribution in [1.29, 1.82) is 0 Å². The lowest BCUT2D eigenvalue weighted by molar-refractivity contribution is -0.144. The zero-order chi connectivity index (χ0) is 27.0. The number of nitrogens with zero attached hydrogens (tertiary/aromatic N) is 2. The zero-order valence-electron chi connectivity index (χ0n) is 21.8. The number of amides is 1. The summed E-state index contributed by atoms with van der Waals surface area (Å²) < 4.78 is 49.0. The van der Waals surface area contributed by atoms with Gasteiger partial charge in [0, 0.05) is 38.0 Å². The molecule has 1 saturated heterocycles. The van der Waals surface area contributed by atoms with Gasteiger partial charge in [-0.05, 0) is 43.4 Å². The van der Waals surface area contributed by atoms with Crippen LogP contribution < -0.4 is 9.47 Å². The van der Waals surface area contributed by atoms with Crippen LogP contribution in [0.25, 0.3) is 0 Å². The van der Waals surface area contributed by atoms with Crippen LogP contribution in [-0.2, 0) is 9.59 Å². The number of fused-ring (bicyclic) bond motifs is 1. The second-order valence-corrected chi connectivity index (χ2v) is 10.0. The van der Waals surface area contributed by atoms with Crippen molar-refractivity contribution in [2.75, 3.05) is 33.0 Å². The Hall–Kier alpha value is -2.49. The van der Waals surface area contributed by atoms with Crippen molar-refractivity contribution < 1.29 is 37.3 Å². The standard InChI is InChI=1S/C27H39F3N2O5/c1-3-5-13-31(14-6-4-2)24(33)17-32-16-20(19-10-11-22-23(15-19)37-18-36-22)25(26(34)35)21(32)9-7-8-12-27(28,29)30/h10-11,15,20-21,25H,3-9,12-14,16-18H2,1-2H3,(H,34,35)/t20-,21+,25-/m1/s1. The van der Waals surface area contributed by atoms with E-state index in [1.54, 1.807) is 12.1 Å². The van der Waals surface area contributed by atoms with Gasteiger partial charge < -0.3 is 19.5 Å².